The van der Waals surface area contributed by atoms with Crippen LogP contribution < -0.4 is 37.6 Å². The third-order valence-corrected chi connectivity index (χ3v) is 8.78. The van der Waals surface area contributed by atoms with Crippen molar-refractivity contribution in [2.24, 2.45) is 23.5 Å². The van der Waals surface area contributed by atoms with E-state index in [0.29, 0.717) is 12.8 Å². The minimum Gasteiger partial charge on any atom is -0.481 e. The van der Waals surface area contributed by atoms with Crippen LogP contribution >= 0.6 is 0 Å². The molecular formula is C34H59N7O13. The number of aliphatic hydroxyl groups is 1. The molecule has 0 heterocycles. The van der Waals surface area contributed by atoms with Crippen molar-refractivity contribution < 1.29 is 63.6 Å². The second kappa shape index (κ2) is 23.7. The molecule has 0 aliphatic rings. The Bertz CT molecular complexity index is 1340. The molecule has 308 valence electrons. The SMILES string of the molecule is CCC(C)C(NC(=O)C(C)NC(=O)C(NC(=O)C(CC(=O)O)NC(=O)C(CCC(=O)O)NC(=O)C(CC(C)C)NC(=O)C(N)C(C)O)C(C)CC)C(=O)O. The largest absolute Gasteiger partial charge is 0.481 e. The molecule has 12 N–H and O–H groups in total. The number of rotatable bonds is 25. The van der Waals surface area contributed by atoms with Gasteiger partial charge in [-0.25, -0.2) is 4.79 Å². The van der Waals surface area contributed by atoms with Crippen LogP contribution in [0.4, 0.5) is 0 Å². The van der Waals surface area contributed by atoms with Crippen molar-refractivity contribution in [2.45, 2.75) is 142 Å². The number of nitrogens with two attached hydrogens (primary N) is 1. The quantitative estimate of drug-likeness (QED) is 0.0487. The molecule has 0 rings (SSSR count). The molecule has 0 aliphatic heterocycles. The Kier molecular flexibility index (Phi) is 21.6. The molecule has 0 fully saturated rings. The lowest BCUT2D eigenvalue weighted by Crippen LogP contribution is -2.61. The standard InChI is InChI=1S/C34H59N7O13/c1-9-16(5)26(33(52)36-18(7)28(47)41-27(34(53)54)17(6)10-2)40-31(50)22(14-24(45)46)38-29(48)20(11-12-23(43)44)37-30(49)21(13-15(3)4)39-32(51)25(35)19(8)42/h15-22,25-27,42H,9-14,35H2,1-8H3,(H,36,52)(H,37,49)(H,38,48)(H,39,51)(H,40,50)(H,41,47)(H,43,44)(H,45,46)(H,53,54). The number of hydrogen-bond acceptors (Lipinski definition) is 11. The van der Waals surface area contributed by atoms with Gasteiger partial charge in [0.05, 0.1) is 12.5 Å². The van der Waals surface area contributed by atoms with Gasteiger partial charge in [-0.05, 0) is 44.4 Å². The molecular weight excluding hydrogens is 714 g/mol. The summed E-state index contributed by atoms with van der Waals surface area (Å²) in [6.07, 6.45) is -2.63. The van der Waals surface area contributed by atoms with Gasteiger partial charge in [-0.15, -0.1) is 0 Å². The highest BCUT2D eigenvalue weighted by Gasteiger charge is 2.36. The maximum Gasteiger partial charge on any atom is 0.326 e. The maximum absolute atomic E-state index is 13.5. The first kappa shape index (κ1) is 49.1. The number of carboxylic acid groups (broad SMARTS) is 3. The number of aliphatic hydroxyl groups excluding tert-OH is 1. The molecule has 54 heavy (non-hydrogen) atoms. The number of nitrogens with one attached hydrogen (secondary N) is 6. The van der Waals surface area contributed by atoms with E-state index in [2.05, 4.69) is 31.9 Å². The monoisotopic (exact) mass is 773 g/mol. The molecule has 0 saturated carbocycles. The van der Waals surface area contributed by atoms with Crippen LogP contribution in [0.25, 0.3) is 0 Å². The third kappa shape index (κ3) is 17.3. The molecule has 6 amide bonds. The molecule has 0 bridgehead atoms. The lowest BCUT2D eigenvalue weighted by Gasteiger charge is -2.29. The van der Waals surface area contributed by atoms with Gasteiger partial charge < -0.3 is 58.1 Å². The molecule has 20 nitrogen and oxygen atoms in total. The summed E-state index contributed by atoms with van der Waals surface area (Å²) in [5.74, 6) is -11.1. The van der Waals surface area contributed by atoms with Crippen LogP contribution in [0.3, 0.4) is 0 Å². The Morgan fingerprint density at radius 3 is 1.48 bits per heavy atom. The summed E-state index contributed by atoms with van der Waals surface area (Å²) >= 11 is 0. The molecule has 0 saturated heterocycles. The summed E-state index contributed by atoms with van der Waals surface area (Å²) in [6, 6.07) is -10.0. The van der Waals surface area contributed by atoms with Crippen molar-refractivity contribution in [2.75, 3.05) is 0 Å². The van der Waals surface area contributed by atoms with E-state index < -0.39 is 133 Å². The maximum atomic E-state index is 13.5. The first-order valence-electron chi connectivity index (χ1n) is 17.9. The van der Waals surface area contributed by atoms with Crippen molar-refractivity contribution in [1.82, 2.24) is 31.9 Å². The molecule has 10 unspecified atom stereocenters. The van der Waals surface area contributed by atoms with Gasteiger partial charge in [0.2, 0.25) is 35.4 Å². The molecule has 0 spiro atoms. The van der Waals surface area contributed by atoms with E-state index in [1.165, 1.54) is 13.8 Å². The van der Waals surface area contributed by atoms with Crippen LogP contribution in [-0.2, 0) is 43.2 Å². The van der Waals surface area contributed by atoms with Gasteiger partial charge in [0.15, 0.2) is 0 Å². The Balaban J connectivity index is 6.25. The fraction of sp³-hybridized carbons (Fsp3) is 0.735. The minimum atomic E-state index is -1.85. The van der Waals surface area contributed by atoms with E-state index in [0.717, 1.165) is 0 Å². The Morgan fingerprint density at radius 2 is 1.02 bits per heavy atom. The van der Waals surface area contributed by atoms with E-state index >= 15 is 0 Å². The van der Waals surface area contributed by atoms with E-state index in [1.54, 1.807) is 41.5 Å². The van der Waals surface area contributed by atoms with Crippen molar-refractivity contribution in [3.8, 4) is 0 Å². The molecule has 0 aromatic rings. The van der Waals surface area contributed by atoms with Gasteiger partial charge in [0, 0.05) is 6.42 Å². The first-order chi connectivity index (χ1) is 25.0. The zero-order valence-electron chi connectivity index (χ0n) is 32.1. The lowest BCUT2D eigenvalue weighted by atomic mass is 9.97. The highest BCUT2D eigenvalue weighted by molar-refractivity contribution is 5.98. The zero-order chi connectivity index (χ0) is 42.0. The van der Waals surface area contributed by atoms with E-state index in [1.807, 2.05) is 0 Å². The number of hydrogen-bond donors (Lipinski definition) is 11. The van der Waals surface area contributed by atoms with Crippen LogP contribution in [0.15, 0.2) is 0 Å². The highest BCUT2D eigenvalue weighted by atomic mass is 16.4. The van der Waals surface area contributed by atoms with Gasteiger partial charge in [-0.3, -0.25) is 38.4 Å². The number of carbonyl (C=O) groups is 9. The molecule has 0 aromatic carbocycles. The summed E-state index contributed by atoms with van der Waals surface area (Å²) in [5, 5.41) is 52.2. The number of carboxylic acids is 3. The van der Waals surface area contributed by atoms with Crippen LogP contribution in [0.5, 0.6) is 0 Å². The average Bonchev–Trinajstić information content (AvgIpc) is 3.08. The van der Waals surface area contributed by atoms with Crippen LogP contribution in [0.1, 0.15) is 93.9 Å². The summed E-state index contributed by atoms with van der Waals surface area (Å²) in [7, 11) is 0. The topological polar surface area (TPSA) is 333 Å². The summed E-state index contributed by atoms with van der Waals surface area (Å²) < 4.78 is 0. The fourth-order valence-electron chi connectivity index (χ4n) is 4.94. The van der Waals surface area contributed by atoms with Crippen LogP contribution in [0, 0.1) is 17.8 Å². The normalized spacial score (nSPS) is 16.7. The van der Waals surface area contributed by atoms with Crippen molar-refractivity contribution in [3.63, 3.8) is 0 Å². The molecule has 0 radical (unpaired) electrons. The van der Waals surface area contributed by atoms with E-state index in [9.17, 15) is 63.6 Å². The number of carbonyl (C=O) groups excluding carboxylic acids is 6. The number of amides is 6. The summed E-state index contributed by atoms with van der Waals surface area (Å²) in [6.45, 7) is 12.7. The highest BCUT2D eigenvalue weighted by Crippen LogP contribution is 2.12. The molecule has 0 aliphatic carbocycles. The second-order valence-corrected chi connectivity index (χ2v) is 13.9. The van der Waals surface area contributed by atoms with Gasteiger partial charge in [-0.2, -0.15) is 0 Å². The average molecular weight is 774 g/mol. The van der Waals surface area contributed by atoms with Crippen molar-refractivity contribution in [3.05, 3.63) is 0 Å². The third-order valence-electron chi connectivity index (χ3n) is 8.78. The lowest BCUT2D eigenvalue weighted by molar-refractivity contribution is -0.143. The zero-order valence-corrected chi connectivity index (χ0v) is 32.1. The predicted molar refractivity (Wildman–Crippen MR) is 192 cm³/mol. The van der Waals surface area contributed by atoms with Gasteiger partial charge in [-0.1, -0.05) is 54.4 Å². The second-order valence-electron chi connectivity index (χ2n) is 13.9. The van der Waals surface area contributed by atoms with Gasteiger partial charge in [0.1, 0.15) is 42.3 Å². The van der Waals surface area contributed by atoms with Crippen LogP contribution in [-0.4, -0.2) is 122 Å². The predicted octanol–water partition coefficient (Wildman–Crippen LogP) is -1.81. The van der Waals surface area contributed by atoms with Gasteiger partial charge in [0.25, 0.3) is 0 Å². The van der Waals surface area contributed by atoms with Crippen molar-refractivity contribution in [1.29, 1.82) is 0 Å². The van der Waals surface area contributed by atoms with Crippen LogP contribution in [0.2, 0.25) is 0 Å². The van der Waals surface area contributed by atoms with Crippen molar-refractivity contribution >= 4 is 53.4 Å². The molecule has 10 atom stereocenters. The number of aliphatic carboxylic acids is 3. The molecule has 0 aromatic heterocycles. The Morgan fingerprint density at radius 1 is 0.556 bits per heavy atom. The molecule has 20 heteroatoms. The minimum absolute atomic E-state index is 0.0404. The first-order valence-corrected chi connectivity index (χ1v) is 17.9. The van der Waals surface area contributed by atoms with E-state index in [4.69, 9.17) is 5.73 Å². The Labute approximate surface area is 314 Å². The summed E-state index contributed by atoms with van der Waals surface area (Å²) in [4.78, 5) is 114. The van der Waals surface area contributed by atoms with E-state index in [-0.39, 0.29) is 12.3 Å². The summed E-state index contributed by atoms with van der Waals surface area (Å²) in [5.41, 5.74) is 5.68. The smallest absolute Gasteiger partial charge is 0.326 e. The van der Waals surface area contributed by atoms with Gasteiger partial charge >= 0.3 is 17.9 Å². The fourth-order valence-corrected chi connectivity index (χ4v) is 4.94. The Hall–Kier alpha value is -4.85.